The van der Waals surface area contributed by atoms with E-state index in [9.17, 15) is 9.59 Å². The lowest BCUT2D eigenvalue weighted by Gasteiger charge is -2.27. The Hall–Kier alpha value is -1.10. The summed E-state index contributed by atoms with van der Waals surface area (Å²) in [4.78, 5) is 25.1. The van der Waals surface area contributed by atoms with Crippen LogP contribution >= 0.6 is 0 Å². The van der Waals surface area contributed by atoms with Crippen molar-refractivity contribution in [2.75, 3.05) is 14.1 Å². The number of hydrogen-bond donors (Lipinski definition) is 1. The van der Waals surface area contributed by atoms with Crippen LogP contribution in [0.5, 0.6) is 0 Å². The molecule has 0 aliphatic heterocycles. The maximum atomic E-state index is 11.9. The van der Waals surface area contributed by atoms with E-state index in [1.54, 1.807) is 39.8 Å². The van der Waals surface area contributed by atoms with Crippen molar-refractivity contribution in [3.05, 3.63) is 0 Å². The summed E-state index contributed by atoms with van der Waals surface area (Å²) in [6.07, 6.45) is -0.699. The van der Waals surface area contributed by atoms with Gasteiger partial charge in [-0.2, -0.15) is 0 Å². The molecule has 0 rings (SSSR count). The van der Waals surface area contributed by atoms with E-state index in [-0.39, 0.29) is 17.9 Å². The number of nitrogens with one attached hydrogen (secondary N) is 1. The number of carbonyl (C=O) groups is 2. The van der Waals surface area contributed by atoms with Gasteiger partial charge in [0.2, 0.25) is 5.91 Å². The Kier molecular flexibility index (Phi) is 5.61. The lowest BCUT2D eigenvalue weighted by Crippen LogP contribution is -2.49. The fourth-order valence-electron chi connectivity index (χ4n) is 1.61. The highest BCUT2D eigenvalue weighted by Crippen LogP contribution is 2.09. The van der Waals surface area contributed by atoms with E-state index in [0.717, 1.165) is 0 Å². The number of alkyl carbamates (subject to hydrolysis) is 1. The normalized spacial score (nSPS) is 13.7. The summed E-state index contributed by atoms with van der Waals surface area (Å²) in [5.41, 5.74) is -0.601. The minimum atomic E-state index is -0.699. The van der Waals surface area contributed by atoms with Crippen LogP contribution in [0.15, 0.2) is 0 Å². The average Bonchev–Trinajstić information content (AvgIpc) is 1.96. The molecule has 1 N–H and O–H groups in total. The predicted molar refractivity (Wildman–Crippen MR) is 66.7 cm³/mol. The van der Waals surface area contributed by atoms with E-state index >= 15 is 0 Å². The highest BCUT2D eigenvalue weighted by atomic mass is 16.6. The van der Waals surface area contributed by atoms with Crippen LogP contribution in [-0.4, -0.2) is 42.6 Å². The summed E-state index contributed by atoms with van der Waals surface area (Å²) in [7, 11) is 3.61. The van der Waals surface area contributed by atoms with Gasteiger partial charge in [0.05, 0.1) is 6.04 Å². The minimum absolute atomic E-state index is 0.118. The van der Waals surface area contributed by atoms with Crippen LogP contribution in [-0.2, 0) is 9.53 Å². The molecule has 17 heavy (non-hydrogen) atoms. The Morgan fingerprint density at radius 2 is 1.65 bits per heavy atom. The molecule has 0 aliphatic carbocycles. The molecular weight excluding hydrogens is 220 g/mol. The predicted octanol–water partition coefficient (Wildman–Crippen LogP) is 1.62. The lowest BCUT2D eigenvalue weighted by molar-refractivity contribution is -0.126. The summed E-state index contributed by atoms with van der Waals surface area (Å²) in [6, 6.07) is -0.345. The van der Waals surface area contributed by atoms with Crippen LogP contribution in [0, 0.1) is 5.92 Å². The van der Waals surface area contributed by atoms with Crippen molar-refractivity contribution < 1.29 is 14.3 Å². The summed E-state index contributed by atoms with van der Waals surface area (Å²) in [6.45, 7) is 9.12. The van der Waals surface area contributed by atoms with Crippen molar-refractivity contribution in [3.63, 3.8) is 0 Å². The molecule has 0 aromatic rings. The fraction of sp³-hybridized carbons (Fsp3) is 0.833. The van der Waals surface area contributed by atoms with Crippen molar-refractivity contribution in [1.29, 1.82) is 0 Å². The topological polar surface area (TPSA) is 58.6 Å². The quantitative estimate of drug-likeness (QED) is 0.819. The van der Waals surface area contributed by atoms with Crippen LogP contribution in [0.3, 0.4) is 0 Å². The number of amides is 2. The molecule has 0 bridgehead atoms. The third-order valence-electron chi connectivity index (χ3n) is 2.08. The summed E-state index contributed by atoms with van der Waals surface area (Å²) >= 11 is 0. The van der Waals surface area contributed by atoms with Crippen molar-refractivity contribution in [1.82, 2.24) is 10.2 Å². The Bertz CT molecular complexity index is 272. The summed E-state index contributed by atoms with van der Waals surface area (Å²) in [5, 5.41) is 2.26. The van der Waals surface area contributed by atoms with Crippen LogP contribution in [0.25, 0.3) is 0 Å². The van der Waals surface area contributed by atoms with Crippen molar-refractivity contribution >= 4 is 12.0 Å². The van der Waals surface area contributed by atoms with Crippen LogP contribution in [0.4, 0.5) is 4.79 Å². The molecular formula is C12H24N2O3. The molecule has 0 aromatic heterocycles. The molecule has 2 amide bonds. The van der Waals surface area contributed by atoms with Crippen LogP contribution < -0.4 is 5.32 Å². The van der Waals surface area contributed by atoms with Gasteiger partial charge in [0, 0.05) is 0 Å². The molecule has 0 saturated carbocycles. The minimum Gasteiger partial charge on any atom is -0.444 e. The zero-order valence-corrected chi connectivity index (χ0v) is 11.8. The second-order valence-corrected chi connectivity index (χ2v) is 5.64. The molecule has 0 fully saturated rings. The SMILES string of the molecule is CC(C)[C@H](C(=O)NC(=O)OC(C)(C)C)N(C)C. The van der Waals surface area contributed by atoms with Gasteiger partial charge >= 0.3 is 6.09 Å². The van der Waals surface area contributed by atoms with E-state index in [0.29, 0.717) is 0 Å². The lowest BCUT2D eigenvalue weighted by atomic mass is 10.0. The summed E-state index contributed by atoms with van der Waals surface area (Å²) in [5.74, 6) is -0.216. The number of carbonyl (C=O) groups excluding carboxylic acids is 2. The second-order valence-electron chi connectivity index (χ2n) is 5.64. The summed E-state index contributed by atoms with van der Waals surface area (Å²) < 4.78 is 5.03. The first-order valence-electron chi connectivity index (χ1n) is 5.75. The number of nitrogens with zero attached hydrogens (tertiary/aromatic N) is 1. The molecule has 0 spiro atoms. The highest BCUT2D eigenvalue weighted by molar-refractivity contribution is 5.95. The third kappa shape index (κ3) is 6.26. The Labute approximate surface area is 103 Å². The Morgan fingerprint density at radius 3 is 1.94 bits per heavy atom. The van der Waals surface area contributed by atoms with Gasteiger partial charge in [0.1, 0.15) is 5.60 Å². The van der Waals surface area contributed by atoms with Crippen LogP contribution in [0.2, 0.25) is 0 Å². The van der Waals surface area contributed by atoms with E-state index in [2.05, 4.69) is 5.32 Å². The highest BCUT2D eigenvalue weighted by Gasteiger charge is 2.27. The molecule has 0 unspecified atom stereocenters. The number of imide groups is 1. The zero-order valence-electron chi connectivity index (χ0n) is 11.8. The monoisotopic (exact) mass is 244 g/mol. The fourth-order valence-corrected chi connectivity index (χ4v) is 1.61. The van der Waals surface area contributed by atoms with Gasteiger partial charge in [0.15, 0.2) is 0 Å². The number of likely N-dealkylation sites (N-methyl/N-ethyl adjacent to an activating group) is 1. The Balaban J connectivity index is 4.47. The average molecular weight is 244 g/mol. The van der Waals surface area contributed by atoms with Crippen molar-refractivity contribution in [2.45, 2.75) is 46.3 Å². The molecule has 0 aromatic carbocycles. The third-order valence-corrected chi connectivity index (χ3v) is 2.08. The van der Waals surface area contributed by atoms with Gasteiger partial charge in [-0.15, -0.1) is 0 Å². The van der Waals surface area contributed by atoms with Gasteiger partial charge in [-0.3, -0.25) is 15.0 Å². The molecule has 0 aliphatic rings. The molecule has 1 atom stereocenters. The van der Waals surface area contributed by atoms with E-state index in [4.69, 9.17) is 4.74 Å². The first kappa shape index (κ1) is 15.9. The smallest absolute Gasteiger partial charge is 0.414 e. The van der Waals surface area contributed by atoms with E-state index in [1.165, 1.54) is 0 Å². The first-order valence-corrected chi connectivity index (χ1v) is 5.75. The number of hydrogen-bond acceptors (Lipinski definition) is 4. The van der Waals surface area contributed by atoms with Gasteiger partial charge in [-0.1, -0.05) is 13.8 Å². The number of rotatable bonds is 3. The van der Waals surface area contributed by atoms with Gasteiger partial charge < -0.3 is 4.74 Å². The molecule has 0 heterocycles. The van der Waals surface area contributed by atoms with Crippen LogP contribution in [0.1, 0.15) is 34.6 Å². The van der Waals surface area contributed by atoms with E-state index in [1.807, 2.05) is 13.8 Å². The maximum Gasteiger partial charge on any atom is 0.414 e. The van der Waals surface area contributed by atoms with E-state index < -0.39 is 11.7 Å². The molecule has 0 radical (unpaired) electrons. The molecule has 100 valence electrons. The first-order chi connectivity index (χ1) is 7.54. The molecule has 5 nitrogen and oxygen atoms in total. The van der Waals surface area contributed by atoms with Gasteiger partial charge in [-0.05, 0) is 40.8 Å². The molecule has 5 heteroatoms. The van der Waals surface area contributed by atoms with Gasteiger partial charge in [0.25, 0.3) is 0 Å². The molecule has 0 saturated heterocycles. The van der Waals surface area contributed by atoms with Gasteiger partial charge in [-0.25, -0.2) is 4.79 Å². The Morgan fingerprint density at radius 1 is 1.18 bits per heavy atom. The zero-order chi connectivity index (χ0) is 13.8. The maximum absolute atomic E-state index is 11.9. The standard InChI is InChI=1S/C12H24N2O3/c1-8(2)9(14(6)7)10(15)13-11(16)17-12(3,4)5/h8-9H,1-7H3,(H,13,15,16)/t9-/m1/s1. The second kappa shape index (κ2) is 6.00. The number of ether oxygens (including phenoxy) is 1. The van der Waals surface area contributed by atoms with Crippen molar-refractivity contribution in [2.24, 2.45) is 5.92 Å². The largest absolute Gasteiger partial charge is 0.444 e. The van der Waals surface area contributed by atoms with Crippen molar-refractivity contribution in [3.8, 4) is 0 Å².